The van der Waals surface area contributed by atoms with E-state index in [1.54, 1.807) is 0 Å². The fourth-order valence-corrected chi connectivity index (χ4v) is 2.27. The first-order chi connectivity index (χ1) is 10.5. The van der Waals surface area contributed by atoms with Gasteiger partial charge in [0.15, 0.2) is 0 Å². The number of anilines is 1. The van der Waals surface area contributed by atoms with E-state index >= 15 is 0 Å². The van der Waals surface area contributed by atoms with Crippen molar-refractivity contribution in [3.8, 4) is 5.75 Å². The van der Waals surface area contributed by atoms with Crippen LogP contribution >= 0.6 is 11.6 Å². The Labute approximate surface area is 136 Å². The van der Waals surface area contributed by atoms with E-state index < -0.39 is 0 Å². The molecule has 0 aromatic heterocycles. The molecule has 4 heteroatoms. The van der Waals surface area contributed by atoms with Gasteiger partial charge in [-0.15, -0.1) is 0 Å². The Kier molecular flexibility index (Phi) is 5.34. The monoisotopic (exact) mass is 316 g/mol. The van der Waals surface area contributed by atoms with Gasteiger partial charge in [0.1, 0.15) is 5.75 Å². The SMILES string of the molecule is C=C(N)c1cc(NCc2ccccc2Cl)cc(OC(C)C)c1. The molecule has 0 atom stereocenters. The Balaban J connectivity index is 2.20. The van der Waals surface area contributed by atoms with Crippen LogP contribution in [0.3, 0.4) is 0 Å². The van der Waals surface area contributed by atoms with Crippen LogP contribution in [-0.4, -0.2) is 6.10 Å². The van der Waals surface area contributed by atoms with Crippen molar-refractivity contribution in [1.82, 2.24) is 0 Å². The lowest BCUT2D eigenvalue weighted by molar-refractivity contribution is 0.242. The molecule has 0 unspecified atom stereocenters. The summed E-state index contributed by atoms with van der Waals surface area (Å²) in [4.78, 5) is 0. The predicted molar refractivity (Wildman–Crippen MR) is 94.2 cm³/mol. The number of hydrogen-bond acceptors (Lipinski definition) is 3. The van der Waals surface area contributed by atoms with Crippen LogP contribution in [0, 0.1) is 0 Å². The molecule has 0 fully saturated rings. The van der Waals surface area contributed by atoms with Gasteiger partial charge < -0.3 is 15.8 Å². The molecule has 2 rings (SSSR count). The molecule has 0 aliphatic heterocycles. The first kappa shape index (κ1) is 16.2. The first-order valence-electron chi connectivity index (χ1n) is 7.19. The van der Waals surface area contributed by atoms with E-state index in [1.807, 2.05) is 56.3 Å². The van der Waals surface area contributed by atoms with Crippen molar-refractivity contribution in [2.75, 3.05) is 5.32 Å². The summed E-state index contributed by atoms with van der Waals surface area (Å²) in [5.41, 5.74) is 9.12. The number of rotatable bonds is 6. The van der Waals surface area contributed by atoms with Crippen molar-refractivity contribution in [1.29, 1.82) is 0 Å². The Hall–Kier alpha value is -2.13. The van der Waals surface area contributed by atoms with E-state index in [0.29, 0.717) is 12.2 Å². The normalized spacial score (nSPS) is 10.5. The average molecular weight is 317 g/mol. The lowest BCUT2D eigenvalue weighted by atomic mass is 10.1. The number of nitrogens with one attached hydrogen (secondary N) is 1. The van der Waals surface area contributed by atoms with Gasteiger partial charge in [-0.3, -0.25) is 0 Å². The number of halogens is 1. The van der Waals surface area contributed by atoms with E-state index in [9.17, 15) is 0 Å². The topological polar surface area (TPSA) is 47.3 Å². The molecular formula is C18H21ClN2O. The Morgan fingerprint density at radius 1 is 1.27 bits per heavy atom. The van der Waals surface area contributed by atoms with Crippen molar-refractivity contribution < 1.29 is 4.74 Å². The molecule has 0 amide bonds. The molecule has 3 nitrogen and oxygen atoms in total. The highest BCUT2D eigenvalue weighted by Gasteiger charge is 2.06. The van der Waals surface area contributed by atoms with E-state index in [4.69, 9.17) is 22.1 Å². The van der Waals surface area contributed by atoms with Gasteiger partial charge in [0.2, 0.25) is 0 Å². The molecule has 2 aromatic carbocycles. The van der Waals surface area contributed by atoms with Crippen molar-refractivity contribution in [2.45, 2.75) is 26.5 Å². The maximum Gasteiger partial charge on any atom is 0.122 e. The lowest BCUT2D eigenvalue weighted by Crippen LogP contribution is -2.07. The van der Waals surface area contributed by atoms with Crippen molar-refractivity contribution in [3.63, 3.8) is 0 Å². The van der Waals surface area contributed by atoms with Crippen LogP contribution < -0.4 is 15.8 Å². The molecule has 3 N–H and O–H groups in total. The van der Waals surface area contributed by atoms with Crippen LogP contribution in [0.4, 0.5) is 5.69 Å². The van der Waals surface area contributed by atoms with E-state index in [2.05, 4.69) is 11.9 Å². The molecule has 0 radical (unpaired) electrons. The van der Waals surface area contributed by atoms with Gasteiger partial charge in [-0.25, -0.2) is 0 Å². The maximum absolute atomic E-state index is 6.17. The number of nitrogens with two attached hydrogens (primary N) is 1. The highest BCUT2D eigenvalue weighted by atomic mass is 35.5. The van der Waals surface area contributed by atoms with E-state index in [1.165, 1.54) is 0 Å². The van der Waals surface area contributed by atoms with E-state index in [-0.39, 0.29) is 6.10 Å². The van der Waals surface area contributed by atoms with Crippen LogP contribution in [0.2, 0.25) is 5.02 Å². The number of benzene rings is 2. The van der Waals surface area contributed by atoms with Gasteiger partial charge in [-0.1, -0.05) is 36.4 Å². The molecule has 0 heterocycles. The second-order valence-electron chi connectivity index (χ2n) is 5.38. The number of hydrogen-bond donors (Lipinski definition) is 2. The zero-order chi connectivity index (χ0) is 16.1. The molecule has 2 aromatic rings. The third kappa shape index (κ3) is 4.43. The summed E-state index contributed by atoms with van der Waals surface area (Å²) in [6.45, 7) is 8.39. The van der Waals surface area contributed by atoms with Gasteiger partial charge in [0.05, 0.1) is 6.10 Å². The fraction of sp³-hybridized carbons (Fsp3) is 0.222. The highest BCUT2D eigenvalue weighted by molar-refractivity contribution is 6.31. The second-order valence-corrected chi connectivity index (χ2v) is 5.79. The quantitative estimate of drug-likeness (QED) is 0.814. The average Bonchev–Trinajstić information content (AvgIpc) is 2.45. The Morgan fingerprint density at radius 3 is 2.64 bits per heavy atom. The first-order valence-corrected chi connectivity index (χ1v) is 7.57. The van der Waals surface area contributed by atoms with Crippen LogP contribution in [0.25, 0.3) is 5.70 Å². The predicted octanol–water partition coefficient (Wildman–Crippen LogP) is 4.67. The summed E-state index contributed by atoms with van der Waals surface area (Å²) in [6, 6.07) is 13.5. The maximum atomic E-state index is 6.17. The summed E-state index contributed by atoms with van der Waals surface area (Å²) in [6.07, 6.45) is 0.0951. The molecule has 116 valence electrons. The molecule has 0 aliphatic carbocycles. The van der Waals surface area contributed by atoms with Gasteiger partial charge >= 0.3 is 0 Å². The minimum Gasteiger partial charge on any atom is -0.491 e. The highest BCUT2D eigenvalue weighted by Crippen LogP contribution is 2.25. The standard InChI is InChI=1S/C18H21ClN2O/c1-12(2)22-17-9-15(13(3)20)8-16(10-17)21-11-14-6-4-5-7-18(14)19/h4-10,12,21H,3,11,20H2,1-2H3. The Bertz CT molecular complexity index is 668. The van der Waals surface area contributed by atoms with E-state index in [0.717, 1.165) is 27.6 Å². The minimum absolute atomic E-state index is 0.0951. The summed E-state index contributed by atoms with van der Waals surface area (Å²) in [5.74, 6) is 0.765. The zero-order valence-corrected chi connectivity index (χ0v) is 13.7. The van der Waals surface area contributed by atoms with Crippen molar-refractivity contribution in [2.24, 2.45) is 5.73 Å². The van der Waals surface area contributed by atoms with Crippen molar-refractivity contribution in [3.05, 3.63) is 65.2 Å². The molecule has 0 saturated heterocycles. The summed E-state index contributed by atoms with van der Waals surface area (Å²) >= 11 is 6.17. The molecule has 0 saturated carbocycles. The smallest absolute Gasteiger partial charge is 0.122 e. The largest absolute Gasteiger partial charge is 0.491 e. The van der Waals surface area contributed by atoms with Crippen LogP contribution in [0.15, 0.2) is 49.0 Å². The summed E-state index contributed by atoms with van der Waals surface area (Å²) < 4.78 is 5.76. The van der Waals surface area contributed by atoms with Crippen LogP contribution in [-0.2, 0) is 6.54 Å². The molecular weight excluding hydrogens is 296 g/mol. The van der Waals surface area contributed by atoms with Crippen molar-refractivity contribution >= 4 is 23.0 Å². The molecule has 0 spiro atoms. The molecule has 0 bridgehead atoms. The third-order valence-corrected chi connectivity index (χ3v) is 3.46. The van der Waals surface area contributed by atoms with Gasteiger partial charge in [-0.05, 0) is 37.6 Å². The summed E-state index contributed by atoms with van der Waals surface area (Å²) in [7, 11) is 0. The van der Waals surface area contributed by atoms with Crippen LogP contribution in [0.5, 0.6) is 5.75 Å². The van der Waals surface area contributed by atoms with Gasteiger partial charge in [0.25, 0.3) is 0 Å². The zero-order valence-electron chi connectivity index (χ0n) is 12.9. The van der Waals surface area contributed by atoms with Gasteiger partial charge in [-0.2, -0.15) is 0 Å². The number of ether oxygens (including phenoxy) is 1. The summed E-state index contributed by atoms with van der Waals surface area (Å²) in [5, 5.41) is 4.09. The molecule has 0 aliphatic rings. The van der Waals surface area contributed by atoms with Gasteiger partial charge in [0, 0.05) is 34.6 Å². The van der Waals surface area contributed by atoms with Crippen LogP contribution in [0.1, 0.15) is 25.0 Å². The fourth-order valence-electron chi connectivity index (χ4n) is 2.07. The minimum atomic E-state index is 0.0951. The molecule has 22 heavy (non-hydrogen) atoms. The Morgan fingerprint density at radius 2 is 2.00 bits per heavy atom. The lowest BCUT2D eigenvalue weighted by Gasteiger charge is -2.15. The third-order valence-electron chi connectivity index (χ3n) is 3.09. The second kappa shape index (κ2) is 7.23.